The van der Waals surface area contributed by atoms with Crippen molar-refractivity contribution in [2.24, 2.45) is 0 Å². The molecule has 0 bridgehead atoms. The van der Waals surface area contributed by atoms with Gasteiger partial charge in [0.2, 0.25) is 0 Å². The predicted octanol–water partition coefficient (Wildman–Crippen LogP) is 4.28. The maximum atomic E-state index is 11.6. The lowest BCUT2D eigenvalue weighted by molar-refractivity contribution is 0.111. The van der Waals surface area contributed by atoms with Crippen LogP contribution < -0.4 is 0 Å². The molecular weight excluding hydrogens is 272 g/mol. The first-order valence-corrected chi connectivity index (χ1v) is 7.20. The fraction of sp³-hybridized carbons (Fsp3) is 0.0526. The van der Waals surface area contributed by atoms with Crippen molar-refractivity contribution in [3.63, 3.8) is 0 Å². The second kappa shape index (κ2) is 4.81. The average molecular weight is 286 g/mol. The van der Waals surface area contributed by atoms with Crippen LogP contribution in [-0.2, 0) is 0 Å². The van der Waals surface area contributed by atoms with Crippen LogP contribution in [0.4, 0.5) is 0 Å². The third-order valence-corrected chi connectivity index (χ3v) is 4.02. The normalized spacial score (nSPS) is 11.1. The molecule has 106 valence electrons. The van der Waals surface area contributed by atoms with E-state index in [0.29, 0.717) is 5.69 Å². The van der Waals surface area contributed by atoms with Crippen LogP contribution >= 0.6 is 0 Å². The van der Waals surface area contributed by atoms with Crippen LogP contribution in [0.15, 0.2) is 60.8 Å². The smallest absolute Gasteiger partial charge is 0.169 e. The molecule has 0 saturated carbocycles. The van der Waals surface area contributed by atoms with E-state index < -0.39 is 0 Å². The number of fused-ring (bicyclic) bond motifs is 2. The van der Waals surface area contributed by atoms with Gasteiger partial charge in [0.15, 0.2) is 6.29 Å². The van der Waals surface area contributed by atoms with Gasteiger partial charge in [0, 0.05) is 11.8 Å². The van der Waals surface area contributed by atoms with Crippen LogP contribution in [0, 0.1) is 6.92 Å². The van der Waals surface area contributed by atoms with Gasteiger partial charge in [0.05, 0.1) is 0 Å². The van der Waals surface area contributed by atoms with E-state index in [9.17, 15) is 4.79 Å². The highest BCUT2D eigenvalue weighted by atomic mass is 16.1. The zero-order chi connectivity index (χ0) is 15.1. The Morgan fingerprint density at radius 3 is 2.64 bits per heavy atom. The number of pyridine rings is 1. The van der Waals surface area contributed by atoms with E-state index in [1.807, 2.05) is 47.9 Å². The molecule has 3 nitrogen and oxygen atoms in total. The number of aldehydes is 1. The summed E-state index contributed by atoms with van der Waals surface area (Å²) in [4.78, 5) is 16.3. The summed E-state index contributed by atoms with van der Waals surface area (Å²) in [5.41, 5.74) is 4.17. The summed E-state index contributed by atoms with van der Waals surface area (Å²) >= 11 is 0. The molecule has 0 radical (unpaired) electrons. The third-order valence-electron chi connectivity index (χ3n) is 4.02. The van der Waals surface area contributed by atoms with Gasteiger partial charge < -0.3 is 0 Å². The SMILES string of the molecule is Cc1cccn2c(C=O)c(-c3ccc4ccccc4c3)nc12. The highest BCUT2D eigenvalue weighted by Gasteiger charge is 2.14. The summed E-state index contributed by atoms with van der Waals surface area (Å²) in [6.07, 6.45) is 2.76. The highest BCUT2D eigenvalue weighted by Crippen LogP contribution is 2.27. The van der Waals surface area contributed by atoms with Gasteiger partial charge in [0.1, 0.15) is 17.0 Å². The summed E-state index contributed by atoms with van der Waals surface area (Å²) in [6, 6.07) is 18.3. The molecule has 0 aliphatic carbocycles. The summed E-state index contributed by atoms with van der Waals surface area (Å²) in [6.45, 7) is 2.00. The minimum absolute atomic E-state index is 0.592. The van der Waals surface area contributed by atoms with Gasteiger partial charge in [0.25, 0.3) is 0 Å². The van der Waals surface area contributed by atoms with Gasteiger partial charge in [-0.2, -0.15) is 0 Å². The van der Waals surface area contributed by atoms with Crippen molar-refractivity contribution in [2.75, 3.05) is 0 Å². The van der Waals surface area contributed by atoms with Gasteiger partial charge >= 0.3 is 0 Å². The highest BCUT2D eigenvalue weighted by molar-refractivity contribution is 5.91. The van der Waals surface area contributed by atoms with E-state index in [1.165, 1.54) is 5.39 Å². The summed E-state index contributed by atoms with van der Waals surface area (Å²) in [5, 5.41) is 2.32. The Labute approximate surface area is 127 Å². The first-order chi connectivity index (χ1) is 10.8. The van der Waals surface area contributed by atoms with Crippen molar-refractivity contribution in [3.05, 3.63) is 72.1 Å². The second-order valence-corrected chi connectivity index (χ2v) is 5.41. The number of carbonyl (C=O) groups is 1. The van der Waals surface area contributed by atoms with E-state index in [2.05, 4.69) is 24.3 Å². The van der Waals surface area contributed by atoms with Gasteiger partial charge in [-0.05, 0) is 35.4 Å². The first-order valence-electron chi connectivity index (χ1n) is 7.20. The Balaban J connectivity index is 2.03. The molecule has 0 aliphatic heterocycles. The van der Waals surface area contributed by atoms with Gasteiger partial charge in [-0.25, -0.2) is 4.98 Å². The van der Waals surface area contributed by atoms with Crippen LogP contribution in [0.3, 0.4) is 0 Å². The lowest BCUT2D eigenvalue weighted by Crippen LogP contribution is -1.92. The molecule has 4 rings (SSSR count). The Kier molecular flexibility index (Phi) is 2.79. The fourth-order valence-electron chi connectivity index (χ4n) is 2.88. The standard InChI is InChI=1S/C19H14N2O/c1-13-5-4-10-21-17(12-22)18(20-19(13)21)16-9-8-14-6-2-3-7-15(14)11-16/h2-12H,1H3. The zero-order valence-electron chi connectivity index (χ0n) is 12.2. The number of hydrogen-bond donors (Lipinski definition) is 0. The number of nitrogens with zero attached hydrogens (tertiary/aromatic N) is 2. The van der Waals surface area contributed by atoms with E-state index in [1.54, 1.807) is 0 Å². The van der Waals surface area contributed by atoms with Gasteiger partial charge in [-0.15, -0.1) is 0 Å². The Morgan fingerprint density at radius 1 is 1.00 bits per heavy atom. The molecule has 0 N–H and O–H groups in total. The molecule has 0 spiro atoms. The minimum Gasteiger partial charge on any atom is -0.297 e. The van der Waals surface area contributed by atoms with Crippen molar-refractivity contribution in [1.82, 2.24) is 9.38 Å². The van der Waals surface area contributed by atoms with Crippen LogP contribution in [0.25, 0.3) is 27.7 Å². The average Bonchev–Trinajstić information content (AvgIpc) is 2.94. The number of imidazole rings is 1. The molecule has 0 atom stereocenters. The summed E-state index contributed by atoms with van der Waals surface area (Å²) in [7, 11) is 0. The predicted molar refractivity (Wildman–Crippen MR) is 88.3 cm³/mol. The van der Waals surface area contributed by atoms with Crippen molar-refractivity contribution >= 4 is 22.7 Å². The van der Waals surface area contributed by atoms with E-state index in [0.717, 1.165) is 34.1 Å². The lowest BCUT2D eigenvalue weighted by atomic mass is 10.0. The Morgan fingerprint density at radius 2 is 1.82 bits per heavy atom. The summed E-state index contributed by atoms with van der Waals surface area (Å²) < 4.78 is 1.85. The van der Waals surface area contributed by atoms with Crippen molar-refractivity contribution < 1.29 is 4.79 Å². The molecule has 3 heteroatoms. The molecule has 0 saturated heterocycles. The zero-order valence-corrected chi connectivity index (χ0v) is 12.2. The minimum atomic E-state index is 0.592. The fourth-order valence-corrected chi connectivity index (χ4v) is 2.88. The number of rotatable bonds is 2. The monoisotopic (exact) mass is 286 g/mol. The maximum Gasteiger partial charge on any atom is 0.169 e. The van der Waals surface area contributed by atoms with E-state index >= 15 is 0 Å². The number of carbonyl (C=O) groups excluding carboxylic acids is 1. The second-order valence-electron chi connectivity index (χ2n) is 5.41. The third kappa shape index (κ3) is 1.83. The number of aromatic nitrogens is 2. The molecule has 4 aromatic rings. The van der Waals surface area contributed by atoms with Crippen LogP contribution in [0.5, 0.6) is 0 Å². The Bertz CT molecular complexity index is 1010. The molecule has 2 heterocycles. The van der Waals surface area contributed by atoms with E-state index in [4.69, 9.17) is 4.98 Å². The molecular formula is C19H14N2O. The first kappa shape index (κ1) is 12.8. The molecule has 0 fully saturated rings. The van der Waals surface area contributed by atoms with Crippen LogP contribution in [0.1, 0.15) is 16.1 Å². The molecule has 2 aromatic carbocycles. The van der Waals surface area contributed by atoms with Crippen LogP contribution in [0.2, 0.25) is 0 Å². The van der Waals surface area contributed by atoms with Gasteiger partial charge in [-0.3, -0.25) is 9.20 Å². The topological polar surface area (TPSA) is 34.4 Å². The molecule has 0 aliphatic rings. The van der Waals surface area contributed by atoms with Crippen molar-refractivity contribution in [1.29, 1.82) is 0 Å². The van der Waals surface area contributed by atoms with Crippen molar-refractivity contribution in [2.45, 2.75) is 6.92 Å². The molecule has 0 amide bonds. The van der Waals surface area contributed by atoms with Crippen molar-refractivity contribution in [3.8, 4) is 11.3 Å². The quantitative estimate of drug-likeness (QED) is 0.516. The van der Waals surface area contributed by atoms with Crippen LogP contribution in [-0.4, -0.2) is 15.7 Å². The molecule has 2 aromatic heterocycles. The number of aryl methyl sites for hydroxylation is 1. The largest absolute Gasteiger partial charge is 0.297 e. The Hall–Kier alpha value is -2.94. The van der Waals surface area contributed by atoms with E-state index in [-0.39, 0.29) is 0 Å². The van der Waals surface area contributed by atoms with Gasteiger partial charge in [-0.1, -0.05) is 42.5 Å². The lowest BCUT2D eigenvalue weighted by Gasteiger charge is -2.02. The number of benzene rings is 2. The summed E-state index contributed by atoms with van der Waals surface area (Å²) in [5.74, 6) is 0. The molecule has 22 heavy (non-hydrogen) atoms. The molecule has 0 unspecified atom stereocenters. The maximum absolute atomic E-state index is 11.6. The number of hydrogen-bond acceptors (Lipinski definition) is 2.